The molecule has 0 aliphatic heterocycles. The van der Waals surface area contributed by atoms with Gasteiger partial charge in [-0.05, 0) is 28.0 Å². The highest BCUT2D eigenvalue weighted by molar-refractivity contribution is 9.09. The molecular formula is C18H19Br. The van der Waals surface area contributed by atoms with Crippen molar-refractivity contribution >= 4 is 15.9 Å². The summed E-state index contributed by atoms with van der Waals surface area (Å²) in [5.74, 6) is 0.531. The molecule has 2 unspecified atom stereocenters. The minimum Gasteiger partial charge on any atom is -0.0742 e. The Morgan fingerprint density at radius 1 is 0.895 bits per heavy atom. The van der Waals surface area contributed by atoms with Crippen molar-refractivity contribution in [2.75, 3.05) is 0 Å². The average molecular weight is 315 g/mol. The van der Waals surface area contributed by atoms with Crippen LogP contribution >= 0.6 is 15.9 Å². The maximum atomic E-state index is 4.11. The van der Waals surface area contributed by atoms with Gasteiger partial charge in [0.05, 0.1) is 4.32 Å². The number of benzene rings is 2. The Bertz CT molecular complexity index is 600. The van der Waals surface area contributed by atoms with Crippen LogP contribution in [0.25, 0.3) is 0 Å². The lowest BCUT2D eigenvalue weighted by Crippen LogP contribution is -2.35. The lowest BCUT2D eigenvalue weighted by atomic mass is 9.71. The van der Waals surface area contributed by atoms with Gasteiger partial charge in [-0.3, -0.25) is 0 Å². The van der Waals surface area contributed by atoms with Gasteiger partial charge in [0.2, 0.25) is 0 Å². The van der Waals surface area contributed by atoms with E-state index < -0.39 is 0 Å². The number of hydrogen-bond donors (Lipinski definition) is 0. The van der Waals surface area contributed by atoms with Gasteiger partial charge < -0.3 is 0 Å². The van der Waals surface area contributed by atoms with Crippen LogP contribution in [-0.4, -0.2) is 0 Å². The Morgan fingerprint density at radius 2 is 1.47 bits per heavy atom. The first-order valence-electron chi connectivity index (χ1n) is 6.83. The molecule has 1 aliphatic carbocycles. The molecule has 0 amide bonds. The molecular weight excluding hydrogens is 296 g/mol. The minimum atomic E-state index is -0.0999. The molecule has 19 heavy (non-hydrogen) atoms. The Labute approximate surface area is 124 Å². The molecule has 2 atom stereocenters. The number of halogens is 1. The molecule has 2 aromatic carbocycles. The summed E-state index contributed by atoms with van der Waals surface area (Å²) in [6, 6.07) is 19.6. The Kier molecular flexibility index (Phi) is 2.86. The predicted octanol–water partition coefficient (Wildman–Crippen LogP) is 5.47. The van der Waals surface area contributed by atoms with Gasteiger partial charge in [-0.1, -0.05) is 91.3 Å². The maximum absolute atomic E-state index is 4.11. The molecule has 1 heteroatoms. The predicted molar refractivity (Wildman–Crippen MR) is 84.8 cm³/mol. The number of hydrogen-bond acceptors (Lipinski definition) is 0. The molecule has 0 fully saturated rings. The lowest BCUT2D eigenvalue weighted by Gasteiger charge is -2.40. The van der Waals surface area contributed by atoms with Crippen molar-refractivity contribution in [3.63, 3.8) is 0 Å². The van der Waals surface area contributed by atoms with Crippen molar-refractivity contribution < 1.29 is 0 Å². The Hall–Kier alpha value is -1.08. The van der Waals surface area contributed by atoms with E-state index in [9.17, 15) is 0 Å². The van der Waals surface area contributed by atoms with Gasteiger partial charge in [-0.25, -0.2) is 0 Å². The van der Waals surface area contributed by atoms with Crippen molar-refractivity contribution in [2.45, 2.75) is 31.0 Å². The third-order valence-electron chi connectivity index (χ3n) is 4.94. The van der Waals surface area contributed by atoms with E-state index in [1.165, 1.54) is 16.7 Å². The quantitative estimate of drug-likeness (QED) is 0.612. The number of alkyl halides is 1. The molecule has 0 saturated heterocycles. The monoisotopic (exact) mass is 314 g/mol. The van der Waals surface area contributed by atoms with E-state index in [1.54, 1.807) is 0 Å². The summed E-state index contributed by atoms with van der Waals surface area (Å²) in [6.45, 7) is 7.06. The summed E-state index contributed by atoms with van der Waals surface area (Å²) in [6.07, 6.45) is 0. The first kappa shape index (κ1) is 12.9. The van der Waals surface area contributed by atoms with Gasteiger partial charge in [-0.15, -0.1) is 0 Å². The minimum absolute atomic E-state index is 0.0999. The van der Waals surface area contributed by atoms with Crippen LogP contribution < -0.4 is 0 Å². The third-order valence-corrected chi connectivity index (χ3v) is 6.85. The average Bonchev–Trinajstić information content (AvgIpc) is 2.60. The summed E-state index contributed by atoms with van der Waals surface area (Å²) in [4.78, 5) is 0. The second kappa shape index (κ2) is 4.21. The van der Waals surface area contributed by atoms with Crippen LogP contribution in [0.3, 0.4) is 0 Å². The molecule has 0 aromatic heterocycles. The molecule has 0 saturated carbocycles. The van der Waals surface area contributed by atoms with Crippen LogP contribution in [-0.2, 0) is 4.32 Å². The first-order valence-corrected chi connectivity index (χ1v) is 7.62. The maximum Gasteiger partial charge on any atom is 0.0813 e. The molecule has 0 nitrogen and oxygen atoms in total. The van der Waals surface area contributed by atoms with Crippen LogP contribution in [0.2, 0.25) is 0 Å². The van der Waals surface area contributed by atoms with Gasteiger partial charge in [0.1, 0.15) is 0 Å². The normalized spacial score (nSPS) is 28.1. The number of rotatable bonds is 1. The van der Waals surface area contributed by atoms with E-state index in [4.69, 9.17) is 0 Å². The fourth-order valence-corrected chi connectivity index (χ4v) is 4.39. The Morgan fingerprint density at radius 3 is 2.16 bits per heavy atom. The van der Waals surface area contributed by atoms with Crippen molar-refractivity contribution in [2.24, 2.45) is 5.41 Å². The van der Waals surface area contributed by atoms with Gasteiger partial charge in [0.15, 0.2) is 0 Å². The zero-order chi connectivity index (χ0) is 13.7. The largest absolute Gasteiger partial charge is 0.0813 e. The standard InChI is InChI=1S/C18H19Br/c1-13-15-11-7-8-12-16(15)18(19,17(13,2)3)14-9-5-4-6-10-14/h4-13H,1-3H3. The fraction of sp³-hybridized carbons (Fsp3) is 0.333. The molecule has 1 aliphatic rings. The summed E-state index contributed by atoms with van der Waals surface area (Å²) < 4.78 is -0.0999. The smallest absolute Gasteiger partial charge is 0.0742 e. The SMILES string of the molecule is CC1c2ccccc2C(Br)(c2ccccc2)C1(C)C. The first-order chi connectivity index (χ1) is 8.99. The van der Waals surface area contributed by atoms with Crippen molar-refractivity contribution in [3.8, 4) is 0 Å². The van der Waals surface area contributed by atoms with Crippen LogP contribution in [0.15, 0.2) is 54.6 Å². The molecule has 2 aromatic rings. The van der Waals surface area contributed by atoms with E-state index in [1.807, 2.05) is 0 Å². The summed E-state index contributed by atoms with van der Waals surface area (Å²) in [5, 5.41) is 0. The summed E-state index contributed by atoms with van der Waals surface area (Å²) in [5.41, 5.74) is 4.36. The van der Waals surface area contributed by atoms with Crippen LogP contribution in [0.4, 0.5) is 0 Å². The highest BCUT2D eigenvalue weighted by Crippen LogP contribution is 2.64. The molecule has 98 valence electrons. The van der Waals surface area contributed by atoms with E-state index in [0.29, 0.717) is 5.92 Å². The second-order valence-corrected chi connectivity index (χ2v) is 7.24. The van der Waals surface area contributed by atoms with Gasteiger partial charge in [0.25, 0.3) is 0 Å². The molecule has 0 heterocycles. The number of fused-ring (bicyclic) bond motifs is 1. The molecule has 0 radical (unpaired) electrons. The molecule has 0 N–H and O–H groups in total. The van der Waals surface area contributed by atoms with Crippen molar-refractivity contribution in [1.82, 2.24) is 0 Å². The van der Waals surface area contributed by atoms with E-state index in [2.05, 4.69) is 91.3 Å². The highest BCUT2D eigenvalue weighted by Gasteiger charge is 2.55. The van der Waals surface area contributed by atoms with Crippen LogP contribution in [0.1, 0.15) is 43.4 Å². The molecule has 0 spiro atoms. The van der Waals surface area contributed by atoms with E-state index >= 15 is 0 Å². The van der Waals surface area contributed by atoms with Crippen LogP contribution in [0.5, 0.6) is 0 Å². The molecule has 3 rings (SSSR count). The van der Waals surface area contributed by atoms with E-state index in [0.717, 1.165) is 0 Å². The van der Waals surface area contributed by atoms with Crippen molar-refractivity contribution in [3.05, 3.63) is 71.3 Å². The Balaban J connectivity index is 2.31. The fourth-order valence-electron chi connectivity index (χ4n) is 3.42. The van der Waals surface area contributed by atoms with Gasteiger partial charge in [-0.2, -0.15) is 0 Å². The third kappa shape index (κ3) is 1.57. The second-order valence-electron chi connectivity index (χ2n) is 6.06. The summed E-state index contributed by atoms with van der Waals surface area (Å²) >= 11 is 4.11. The summed E-state index contributed by atoms with van der Waals surface area (Å²) in [7, 11) is 0. The lowest BCUT2D eigenvalue weighted by molar-refractivity contribution is 0.274. The highest BCUT2D eigenvalue weighted by atomic mass is 79.9. The van der Waals surface area contributed by atoms with Gasteiger partial charge in [0, 0.05) is 0 Å². The van der Waals surface area contributed by atoms with Gasteiger partial charge >= 0.3 is 0 Å². The zero-order valence-corrected chi connectivity index (χ0v) is 13.2. The topological polar surface area (TPSA) is 0 Å². The molecule has 0 bridgehead atoms. The van der Waals surface area contributed by atoms with Crippen molar-refractivity contribution in [1.29, 1.82) is 0 Å². The zero-order valence-electron chi connectivity index (χ0n) is 11.7. The van der Waals surface area contributed by atoms with E-state index in [-0.39, 0.29) is 9.74 Å². The van der Waals surface area contributed by atoms with Crippen LogP contribution in [0, 0.1) is 5.41 Å².